The van der Waals surface area contributed by atoms with Crippen LogP contribution >= 0.6 is 0 Å². The minimum absolute atomic E-state index is 0.138. The SMILES string of the molecule is Cc1ccc(F)cc1CC(=O)c1ccncn1. The number of nitrogens with zero attached hydrogens (tertiary/aromatic N) is 2. The summed E-state index contributed by atoms with van der Waals surface area (Å²) in [4.78, 5) is 19.5. The maximum Gasteiger partial charge on any atom is 0.185 e. The molecule has 0 aliphatic rings. The maximum absolute atomic E-state index is 13.1. The molecule has 0 N–H and O–H groups in total. The van der Waals surface area contributed by atoms with Crippen molar-refractivity contribution in [2.45, 2.75) is 13.3 Å². The molecule has 0 saturated carbocycles. The van der Waals surface area contributed by atoms with Gasteiger partial charge in [-0.2, -0.15) is 0 Å². The molecule has 0 spiro atoms. The molecule has 0 amide bonds. The zero-order valence-electron chi connectivity index (χ0n) is 9.35. The summed E-state index contributed by atoms with van der Waals surface area (Å²) in [5.41, 5.74) is 1.94. The van der Waals surface area contributed by atoms with Gasteiger partial charge in [0, 0.05) is 12.6 Å². The third kappa shape index (κ3) is 2.72. The standard InChI is InChI=1S/C13H11FN2O/c1-9-2-3-11(14)6-10(9)7-13(17)12-4-5-15-8-16-12/h2-6,8H,7H2,1H3. The molecule has 1 heterocycles. The van der Waals surface area contributed by atoms with E-state index in [4.69, 9.17) is 0 Å². The van der Waals surface area contributed by atoms with Crippen LogP contribution in [0.15, 0.2) is 36.8 Å². The van der Waals surface area contributed by atoms with E-state index >= 15 is 0 Å². The van der Waals surface area contributed by atoms with Crippen LogP contribution in [0.3, 0.4) is 0 Å². The Hall–Kier alpha value is -2.10. The molecule has 0 aliphatic heterocycles. The fourth-order valence-corrected chi connectivity index (χ4v) is 1.55. The molecule has 0 atom stereocenters. The van der Waals surface area contributed by atoms with Gasteiger partial charge in [0.05, 0.1) is 0 Å². The van der Waals surface area contributed by atoms with Gasteiger partial charge in [-0.3, -0.25) is 4.79 Å². The number of halogens is 1. The molecule has 0 aliphatic carbocycles. The monoisotopic (exact) mass is 230 g/mol. The topological polar surface area (TPSA) is 42.9 Å². The average molecular weight is 230 g/mol. The van der Waals surface area contributed by atoms with E-state index in [9.17, 15) is 9.18 Å². The molecule has 2 aromatic rings. The van der Waals surface area contributed by atoms with Crippen molar-refractivity contribution in [3.8, 4) is 0 Å². The van der Waals surface area contributed by atoms with Crippen molar-refractivity contribution in [1.29, 1.82) is 0 Å². The van der Waals surface area contributed by atoms with E-state index in [1.807, 2.05) is 6.92 Å². The quantitative estimate of drug-likeness (QED) is 0.760. The van der Waals surface area contributed by atoms with Crippen LogP contribution < -0.4 is 0 Å². The van der Waals surface area contributed by atoms with E-state index in [2.05, 4.69) is 9.97 Å². The molecule has 0 radical (unpaired) electrons. The lowest BCUT2D eigenvalue weighted by atomic mass is 10.0. The molecule has 0 fully saturated rings. The van der Waals surface area contributed by atoms with E-state index in [0.29, 0.717) is 11.3 Å². The van der Waals surface area contributed by atoms with E-state index in [-0.39, 0.29) is 18.0 Å². The number of ketones is 1. The van der Waals surface area contributed by atoms with Gasteiger partial charge in [-0.15, -0.1) is 0 Å². The van der Waals surface area contributed by atoms with Gasteiger partial charge in [0.15, 0.2) is 5.78 Å². The lowest BCUT2D eigenvalue weighted by Gasteiger charge is -2.04. The first-order chi connectivity index (χ1) is 8.16. The van der Waals surface area contributed by atoms with Crippen LogP contribution in [0.25, 0.3) is 0 Å². The second-order valence-electron chi connectivity index (χ2n) is 3.77. The molecule has 1 aromatic heterocycles. The van der Waals surface area contributed by atoms with Crippen molar-refractivity contribution in [2.75, 3.05) is 0 Å². The fourth-order valence-electron chi connectivity index (χ4n) is 1.55. The van der Waals surface area contributed by atoms with Crippen LogP contribution in [0, 0.1) is 12.7 Å². The Labute approximate surface area is 98.3 Å². The van der Waals surface area contributed by atoms with Crippen LogP contribution in [-0.4, -0.2) is 15.8 Å². The predicted molar refractivity (Wildman–Crippen MR) is 61.2 cm³/mol. The molecular formula is C13H11FN2O. The van der Waals surface area contributed by atoms with Gasteiger partial charge < -0.3 is 0 Å². The Morgan fingerprint density at radius 2 is 2.18 bits per heavy atom. The van der Waals surface area contributed by atoms with Crippen LogP contribution in [0.5, 0.6) is 0 Å². The van der Waals surface area contributed by atoms with Crippen molar-refractivity contribution < 1.29 is 9.18 Å². The summed E-state index contributed by atoms with van der Waals surface area (Å²) in [5, 5.41) is 0. The van der Waals surface area contributed by atoms with Gasteiger partial charge >= 0.3 is 0 Å². The number of carbonyl (C=O) groups is 1. The highest BCUT2D eigenvalue weighted by Gasteiger charge is 2.10. The van der Waals surface area contributed by atoms with E-state index < -0.39 is 0 Å². The average Bonchev–Trinajstić information content (AvgIpc) is 2.35. The van der Waals surface area contributed by atoms with Gasteiger partial charge in [-0.05, 0) is 36.2 Å². The Bertz CT molecular complexity index is 540. The van der Waals surface area contributed by atoms with E-state index in [1.165, 1.54) is 24.7 Å². The summed E-state index contributed by atoms with van der Waals surface area (Å²) in [6.07, 6.45) is 2.99. The number of aromatic nitrogens is 2. The van der Waals surface area contributed by atoms with Gasteiger partial charge in [0.25, 0.3) is 0 Å². The summed E-state index contributed by atoms with van der Waals surface area (Å²) in [6.45, 7) is 1.85. The largest absolute Gasteiger partial charge is 0.292 e. The van der Waals surface area contributed by atoms with Crippen molar-refractivity contribution in [3.05, 3.63) is 59.4 Å². The molecule has 2 rings (SSSR count). The number of aryl methyl sites for hydroxylation is 1. The highest BCUT2D eigenvalue weighted by Crippen LogP contribution is 2.12. The maximum atomic E-state index is 13.1. The summed E-state index contributed by atoms with van der Waals surface area (Å²) in [6, 6.07) is 5.98. The third-order valence-electron chi connectivity index (χ3n) is 2.53. The number of carbonyl (C=O) groups excluding carboxylic acids is 1. The van der Waals surface area contributed by atoms with Crippen molar-refractivity contribution in [2.24, 2.45) is 0 Å². The van der Waals surface area contributed by atoms with Crippen LogP contribution in [0.4, 0.5) is 4.39 Å². The Balaban J connectivity index is 2.22. The molecule has 4 heteroatoms. The molecule has 3 nitrogen and oxygen atoms in total. The zero-order chi connectivity index (χ0) is 12.3. The minimum Gasteiger partial charge on any atom is -0.292 e. The molecule has 0 saturated heterocycles. The smallest absolute Gasteiger partial charge is 0.185 e. The van der Waals surface area contributed by atoms with Gasteiger partial charge in [-0.1, -0.05) is 6.07 Å². The van der Waals surface area contributed by atoms with E-state index in [0.717, 1.165) is 5.56 Å². The first-order valence-corrected chi connectivity index (χ1v) is 5.21. The molecule has 1 aromatic carbocycles. The number of hydrogen-bond donors (Lipinski definition) is 0. The van der Waals surface area contributed by atoms with Crippen LogP contribution in [-0.2, 0) is 6.42 Å². The van der Waals surface area contributed by atoms with Gasteiger partial charge in [0.1, 0.15) is 17.8 Å². The highest BCUT2D eigenvalue weighted by atomic mass is 19.1. The summed E-state index contributed by atoms with van der Waals surface area (Å²) in [5.74, 6) is -0.470. The van der Waals surface area contributed by atoms with Gasteiger partial charge in [0.2, 0.25) is 0 Å². The summed E-state index contributed by atoms with van der Waals surface area (Å²) < 4.78 is 13.1. The Kier molecular flexibility index (Phi) is 3.23. The van der Waals surface area contributed by atoms with Gasteiger partial charge in [-0.25, -0.2) is 14.4 Å². The first-order valence-electron chi connectivity index (χ1n) is 5.21. The summed E-state index contributed by atoms with van der Waals surface area (Å²) in [7, 11) is 0. The molecule has 0 unspecified atom stereocenters. The second kappa shape index (κ2) is 4.82. The number of Topliss-reactive ketones (excluding diaryl/α,β-unsaturated/α-hetero) is 1. The Morgan fingerprint density at radius 3 is 2.88 bits per heavy atom. The molecule has 0 bridgehead atoms. The number of hydrogen-bond acceptors (Lipinski definition) is 3. The lowest BCUT2D eigenvalue weighted by Crippen LogP contribution is -2.07. The van der Waals surface area contributed by atoms with Crippen LogP contribution in [0.1, 0.15) is 21.6 Å². The van der Waals surface area contributed by atoms with Crippen LogP contribution in [0.2, 0.25) is 0 Å². The van der Waals surface area contributed by atoms with Crippen molar-refractivity contribution in [3.63, 3.8) is 0 Å². The number of benzene rings is 1. The second-order valence-corrected chi connectivity index (χ2v) is 3.77. The normalized spacial score (nSPS) is 10.2. The zero-order valence-corrected chi connectivity index (χ0v) is 9.35. The molecule has 17 heavy (non-hydrogen) atoms. The summed E-state index contributed by atoms with van der Waals surface area (Å²) >= 11 is 0. The van der Waals surface area contributed by atoms with Crippen molar-refractivity contribution in [1.82, 2.24) is 9.97 Å². The van der Waals surface area contributed by atoms with Crippen molar-refractivity contribution >= 4 is 5.78 Å². The number of rotatable bonds is 3. The third-order valence-corrected chi connectivity index (χ3v) is 2.53. The highest BCUT2D eigenvalue weighted by molar-refractivity contribution is 5.95. The minimum atomic E-state index is -0.332. The predicted octanol–water partition coefficient (Wildman–Crippen LogP) is 2.35. The first kappa shape index (κ1) is 11.4. The molecular weight excluding hydrogens is 219 g/mol. The fraction of sp³-hybridized carbons (Fsp3) is 0.154. The molecule has 86 valence electrons. The van der Waals surface area contributed by atoms with E-state index in [1.54, 1.807) is 12.1 Å². The Morgan fingerprint density at radius 1 is 1.35 bits per heavy atom. The lowest BCUT2D eigenvalue weighted by molar-refractivity contribution is 0.0988.